The van der Waals surface area contributed by atoms with Gasteiger partial charge in [-0.25, -0.2) is 4.79 Å². The molecule has 0 heterocycles. The summed E-state index contributed by atoms with van der Waals surface area (Å²) < 4.78 is 6.38. The quantitative estimate of drug-likeness (QED) is 0.911. The van der Waals surface area contributed by atoms with Crippen LogP contribution in [0.5, 0.6) is 5.75 Å². The number of ether oxygens (including phenoxy) is 1. The number of hydrogen-bond acceptors (Lipinski definition) is 3. The maximum atomic E-state index is 11.2. The number of halogens is 1. The summed E-state index contributed by atoms with van der Waals surface area (Å²) in [6, 6.07) is 12.2. The van der Waals surface area contributed by atoms with Gasteiger partial charge in [-0.15, -0.1) is 0 Å². The third kappa shape index (κ3) is 3.61. The summed E-state index contributed by atoms with van der Waals surface area (Å²) in [4.78, 5) is 11.2. The molecule has 0 amide bonds. The van der Waals surface area contributed by atoms with E-state index < -0.39 is 5.97 Å². The van der Waals surface area contributed by atoms with Crippen LogP contribution in [-0.4, -0.2) is 11.1 Å². The highest BCUT2D eigenvalue weighted by molar-refractivity contribution is 9.10. The Morgan fingerprint density at radius 2 is 2.10 bits per heavy atom. The summed E-state index contributed by atoms with van der Waals surface area (Å²) in [6.45, 7) is 2.13. The summed E-state index contributed by atoms with van der Waals surface area (Å²) in [5.74, 6) is -0.727. The molecule has 0 unspecified atom stereocenters. The topological polar surface area (TPSA) is 70.3 Å². The second-order valence-electron chi connectivity index (χ2n) is 4.49. The number of rotatable bonds is 4. The molecule has 0 radical (unpaired) electrons. The molecule has 21 heavy (non-hydrogen) atoms. The number of nitrogens with zero attached hydrogens (tertiary/aromatic N) is 1. The Kier molecular flexibility index (Phi) is 4.61. The number of hydrogen-bond donors (Lipinski definition) is 1. The lowest BCUT2D eigenvalue weighted by Crippen LogP contribution is -2.04. The number of carboxylic acids is 1. The second-order valence-corrected chi connectivity index (χ2v) is 5.40. The Hall–Kier alpha value is -2.32. The van der Waals surface area contributed by atoms with Crippen molar-refractivity contribution in [1.82, 2.24) is 0 Å². The monoisotopic (exact) mass is 345 g/mol. The number of aromatic carboxylic acids is 1. The minimum Gasteiger partial charge on any atom is -0.488 e. The van der Waals surface area contributed by atoms with Crippen LogP contribution in [0.3, 0.4) is 0 Å². The van der Waals surface area contributed by atoms with Gasteiger partial charge in [-0.1, -0.05) is 22.0 Å². The Morgan fingerprint density at radius 3 is 2.71 bits per heavy atom. The zero-order chi connectivity index (χ0) is 15.4. The van der Waals surface area contributed by atoms with Gasteiger partial charge in [0, 0.05) is 4.47 Å². The van der Waals surface area contributed by atoms with Gasteiger partial charge in [0.15, 0.2) is 0 Å². The third-order valence-corrected chi connectivity index (χ3v) is 3.52. The van der Waals surface area contributed by atoms with Crippen molar-refractivity contribution in [2.45, 2.75) is 13.5 Å². The van der Waals surface area contributed by atoms with Crippen molar-refractivity contribution >= 4 is 21.9 Å². The van der Waals surface area contributed by atoms with Crippen LogP contribution in [0.15, 0.2) is 40.9 Å². The van der Waals surface area contributed by atoms with E-state index in [1.165, 1.54) is 6.07 Å². The van der Waals surface area contributed by atoms with E-state index in [1.807, 2.05) is 13.0 Å². The maximum Gasteiger partial charge on any atom is 0.339 e. The molecule has 0 bridgehead atoms. The van der Waals surface area contributed by atoms with E-state index in [-0.39, 0.29) is 12.2 Å². The standard InChI is InChI=1S/C16H12BrNO3/c1-10-6-11(8-18)2-3-12(10)9-21-15-7-13(17)4-5-14(15)16(19)20/h2-7H,9H2,1H3,(H,19,20). The van der Waals surface area contributed by atoms with Crippen LogP contribution in [0.2, 0.25) is 0 Å². The number of benzene rings is 2. The number of nitriles is 1. The molecular formula is C16H12BrNO3. The van der Waals surface area contributed by atoms with Gasteiger partial charge < -0.3 is 9.84 Å². The zero-order valence-corrected chi connectivity index (χ0v) is 12.8. The lowest BCUT2D eigenvalue weighted by atomic mass is 10.1. The Bertz CT molecular complexity index is 735. The lowest BCUT2D eigenvalue weighted by molar-refractivity contribution is 0.0691. The molecule has 0 aliphatic heterocycles. The molecule has 0 saturated carbocycles. The molecule has 4 nitrogen and oxygen atoms in total. The Morgan fingerprint density at radius 1 is 1.33 bits per heavy atom. The highest BCUT2D eigenvalue weighted by Crippen LogP contribution is 2.25. The molecule has 2 aromatic rings. The summed E-state index contributed by atoms with van der Waals surface area (Å²) in [7, 11) is 0. The van der Waals surface area contributed by atoms with Crippen molar-refractivity contribution in [3.63, 3.8) is 0 Å². The van der Waals surface area contributed by atoms with Gasteiger partial charge in [0.2, 0.25) is 0 Å². The first-order valence-electron chi connectivity index (χ1n) is 6.16. The summed E-state index contributed by atoms with van der Waals surface area (Å²) in [5, 5.41) is 18.0. The molecule has 0 fully saturated rings. The first-order chi connectivity index (χ1) is 10.0. The number of aryl methyl sites for hydroxylation is 1. The van der Waals surface area contributed by atoms with E-state index in [4.69, 9.17) is 15.1 Å². The smallest absolute Gasteiger partial charge is 0.339 e. The molecule has 0 saturated heterocycles. The normalized spacial score (nSPS) is 9.95. The molecule has 0 aliphatic rings. The molecule has 5 heteroatoms. The van der Waals surface area contributed by atoms with Crippen molar-refractivity contribution in [3.05, 3.63) is 63.1 Å². The highest BCUT2D eigenvalue weighted by atomic mass is 79.9. The van der Waals surface area contributed by atoms with E-state index in [0.29, 0.717) is 11.3 Å². The average Bonchev–Trinajstić information content (AvgIpc) is 2.45. The van der Waals surface area contributed by atoms with Crippen molar-refractivity contribution in [2.75, 3.05) is 0 Å². The Balaban J connectivity index is 2.22. The van der Waals surface area contributed by atoms with Crippen molar-refractivity contribution in [3.8, 4) is 11.8 Å². The lowest BCUT2D eigenvalue weighted by Gasteiger charge is -2.11. The van der Waals surface area contributed by atoms with E-state index >= 15 is 0 Å². The summed E-state index contributed by atoms with van der Waals surface area (Å²) in [5.41, 5.74) is 2.54. The van der Waals surface area contributed by atoms with E-state index in [1.54, 1.807) is 24.3 Å². The van der Waals surface area contributed by atoms with Crippen LogP contribution in [0.4, 0.5) is 0 Å². The summed E-state index contributed by atoms with van der Waals surface area (Å²) >= 11 is 3.30. The van der Waals surface area contributed by atoms with Crippen molar-refractivity contribution in [1.29, 1.82) is 5.26 Å². The SMILES string of the molecule is Cc1cc(C#N)ccc1COc1cc(Br)ccc1C(=O)O. The van der Waals surface area contributed by atoms with Gasteiger partial charge >= 0.3 is 5.97 Å². The number of carbonyl (C=O) groups is 1. The molecule has 1 N–H and O–H groups in total. The van der Waals surface area contributed by atoms with Gasteiger partial charge in [0.25, 0.3) is 0 Å². The van der Waals surface area contributed by atoms with Gasteiger partial charge in [0.05, 0.1) is 11.6 Å². The minimum absolute atomic E-state index is 0.115. The second kappa shape index (κ2) is 6.42. The van der Waals surface area contributed by atoms with Crippen molar-refractivity contribution in [2.24, 2.45) is 0 Å². The summed E-state index contributed by atoms with van der Waals surface area (Å²) in [6.07, 6.45) is 0. The van der Waals surface area contributed by atoms with Crippen LogP contribution in [-0.2, 0) is 6.61 Å². The van der Waals surface area contributed by atoms with Gasteiger partial charge in [-0.2, -0.15) is 5.26 Å². The predicted octanol–water partition coefficient (Wildman–Crippen LogP) is 3.91. The largest absolute Gasteiger partial charge is 0.488 e. The fraction of sp³-hybridized carbons (Fsp3) is 0.125. The molecule has 106 valence electrons. The molecule has 0 atom stereocenters. The Labute approximate surface area is 130 Å². The highest BCUT2D eigenvalue weighted by Gasteiger charge is 2.12. The molecular weight excluding hydrogens is 334 g/mol. The third-order valence-electron chi connectivity index (χ3n) is 3.03. The van der Waals surface area contributed by atoms with Crippen LogP contribution in [0, 0.1) is 18.3 Å². The first-order valence-corrected chi connectivity index (χ1v) is 6.96. The fourth-order valence-electron chi connectivity index (χ4n) is 1.88. The van der Waals surface area contributed by atoms with Crippen LogP contribution in [0.25, 0.3) is 0 Å². The maximum absolute atomic E-state index is 11.2. The average molecular weight is 346 g/mol. The molecule has 0 spiro atoms. The van der Waals surface area contributed by atoms with Crippen molar-refractivity contribution < 1.29 is 14.6 Å². The zero-order valence-electron chi connectivity index (χ0n) is 11.3. The van der Waals surface area contributed by atoms with Gasteiger partial charge in [-0.3, -0.25) is 0 Å². The first kappa shape index (κ1) is 15.1. The predicted molar refractivity (Wildman–Crippen MR) is 81.3 cm³/mol. The van der Waals surface area contributed by atoms with E-state index in [9.17, 15) is 4.79 Å². The minimum atomic E-state index is -1.03. The molecule has 0 aromatic heterocycles. The van der Waals surface area contributed by atoms with Gasteiger partial charge in [0.1, 0.15) is 17.9 Å². The number of carboxylic acid groups (broad SMARTS) is 1. The molecule has 2 aromatic carbocycles. The van der Waals surface area contributed by atoms with Crippen LogP contribution in [0.1, 0.15) is 27.0 Å². The van der Waals surface area contributed by atoms with E-state index in [2.05, 4.69) is 22.0 Å². The van der Waals surface area contributed by atoms with Crippen LogP contribution >= 0.6 is 15.9 Å². The van der Waals surface area contributed by atoms with E-state index in [0.717, 1.165) is 15.6 Å². The molecule has 0 aliphatic carbocycles. The fourth-order valence-corrected chi connectivity index (χ4v) is 2.22. The molecule has 2 rings (SSSR count). The van der Waals surface area contributed by atoms with Gasteiger partial charge in [-0.05, 0) is 48.4 Å². The van der Waals surface area contributed by atoms with Crippen LogP contribution < -0.4 is 4.74 Å².